The standard InChI is InChI=1S/C8H13F3N2OS/c9-8(10,11)15-6-3-12-7(14)13-4-1-2-5-13/h1-6H2,(H,12,14). The Morgan fingerprint density at radius 2 is 1.93 bits per heavy atom. The van der Waals surface area contributed by atoms with Crippen molar-refractivity contribution in [3.8, 4) is 0 Å². The van der Waals surface area contributed by atoms with E-state index < -0.39 is 5.51 Å². The number of alkyl halides is 3. The van der Waals surface area contributed by atoms with Crippen molar-refractivity contribution in [3.63, 3.8) is 0 Å². The molecule has 0 spiro atoms. The van der Waals surface area contributed by atoms with Gasteiger partial charge in [0.1, 0.15) is 0 Å². The van der Waals surface area contributed by atoms with Gasteiger partial charge in [-0.05, 0) is 24.6 Å². The molecule has 0 saturated carbocycles. The van der Waals surface area contributed by atoms with Crippen LogP contribution < -0.4 is 5.32 Å². The molecule has 1 heterocycles. The third-order valence-electron chi connectivity index (χ3n) is 2.04. The Labute approximate surface area is 90.4 Å². The summed E-state index contributed by atoms with van der Waals surface area (Å²) in [5.74, 6) is -0.136. The summed E-state index contributed by atoms with van der Waals surface area (Å²) in [5, 5.41) is 2.46. The first-order chi connectivity index (χ1) is 6.99. The van der Waals surface area contributed by atoms with Crippen LogP contribution in [0.4, 0.5) is 18.0 Å². The average Bonchev–Trinajstić information content (AvgIpc) is 2.63. The highest BCUT2D eigenvalue weighted by Gasteiger charge is 2.27. The molecule has 88 valence electrons. The van der Waals surface area contributed by atoms with Crippen LogP contribution in [0, 0.1) is 0 Å². The average molecular weight is 242 g/mol. The molecule has 1 aliphatic heterocycles. The molecule has 15 heavy (non-hydrogen) atoms. The van der Waals surface area contributed by atoms with E-state index in [1.165, 1.54) is 0 Å². The molecule has 0 radical (unpaired) electrons. The molecule has 0 aromatic rings. The summed E-state index contributed by atoms with van der Waals surface area (Å²) in [6.45, 7) is 1.47. The van der Waals surface area contributed by atoms with Gasteiger partial charge in [0.05, 0.1) is 0 Å². The fourth-order valence-electron chi connectivity index (χ4n) is 1.36. The van der Waals surface area contributed by atoms with Crippen LogP contribution in [-0.2, 0) is 0 Å². The molecule has 0 atom stereocenters. The van der Waals surface area contributed by atoms with Crippen molar-refractivity contribution in [3.05, 3.63) is 0 Å². The van der Waals surface area contributed by atoms with Gasteiger partial charge in [0.2, 0.25) is 0 Å². The number of hydrogen-bond donors (Lipinski definition) is 1. The van der Waals surface area contributed by atoms with Gasteiger partial charge in [-0.15, -0.1) is 0 Å². The second kappa shape index (κ2) is 5.48. The molecule has 1 fully saturated rings. The maximum Gasteiger partial charge on any atom is 0.441 e. The Kier molecular flexibility index (Phi) is 4.56. The van der Waals surface area contributed by atoms with Gasteiger partial charge in [0, 0.05) is 25.4 Å². The molecule has 0 aromatic heterocycles. The van der Waals surface area contributed by atoms with Crippen molar-refractivity contribution < 1.29 is 18.0 Å². The highest BCUT2D eigenvalue weighted by atomic mass is 32.2. The van der Waals surface area contributed by atoms with Gasteiger partial charge in [-0.2, -0.15) is 13.2 Å². The first-order valence-electron chi connectivity index (χ1n) is 4.72. The Bertz CT molecular complexity index is 216. The maximum atomic E-state index is 11.7. The zero-order valence-electron chi connectivity index (χ0n) is 8.14. The Hall–Kier alpha value is -0.590. The first kappa shape index (κ1) is 12.5. The second-order valence-corrected chi connectivity index (χ2v) is 4.38. The molecule has 3 nitrogen and oxygen atoms in total. The Morgan fingerprint density at radius 1 is 1.33 bits per heavy atom. The van der Waals surface area contributed by atoms with Crippen LogP contribution in [0.15, 0.2) is 0 Å². The minimum absolute atomic E-state index is 0.0551. The van der Waals surface area contributed by atoms with E-state index in [0.29, 0.717) is 13.1 Å². The van der Waals surface area contributed by atoms with E-state index in [1.807, 2.05) is 0 Å². The lowest BCUT2D eigenvalue weighted by Gasteiger charge is -2.16. The van der Waals surface area contributed by atoms with Gasteiger partial charge in [-0.3, -0.25) is 0 Å². The molecule has 0 bridgehead atoms. The van der Waals surface area contributed by atoms with Gasteiger partial charge >= 0.3 is 11.5 Å². The summed E-state index contributed by atoms with van der Waals surface area (Å²) in [6.07, 6.45) is 1.95. The number of likely N-dealkylation sites (tertiary alicyclic amines) is 1. The number of amides is 2. The SMILES string of the molecule is O=C(NCCSC(F)(F)F)N1CCCC1. The Morgan fingerprint density at radius 3 is 2.47 bits per heavy atom. The van der Waals surface area contributed by atoms with Crippen LogP contribution >= 0.6 is 11.8 Å². The third-order valence-corrected chi connectivity index (χ3v) is 2.77. The highest BCUT2D eigenvalue weighted by Crippen LogP contribution is 2.29. The molecular weight excluding hydrogens is 229 g/mol. The summed E-state index contributed by atoms with van der Waals surface area (Å²) in [5.41, 5.74) is -4.21. The van der Waals surface area contributed by atoms with E-state index in [0.717, 1.165) is 12.8 Å². The molecular formula is C8H13F3N2OS. The topological polar surface area (TPSA) is 32.3 Å². The zero-order chi connectivity index (χ0) is 11.3. The summed E-state index contributed by atoms with van der Waals surface area (Å²) < 4.78 is 35.2. The van der Waals surface area contributed by atoms with Gasteiger partial charge in [-0.25, -0.2) is 4.79 Å². The van der Waals surface area contributed by atoms with Gasteiger partial charge < -0.3 is 10.2 Å². The van der Waals surface area contributed by atoms with E-state index in [-0.39, 0.29) is 30.1 Å². The largest absolute Gasteiger partial charge is 0.441 e. The van der Waals surface area contributed by atoms with E-state index in [1.54, 1.807) is 4.90 Å². The zero-order valence-corrected chi connectivity index (χ0v) is 8.96. The minimum atomic E-state index is -4.21. The van der Waals surface area contributed by atoms with E-state index >= 15 is 0 Å². The summed E-state index contributed by atoms with van der Waals surface area (Å²) in [6, 6.07) is -0.254. The number of carbonyl (C=O) groups is 1. The van der Waals surface area contributed by atoms with Crippen molar-refractivity contribution in [2.75, 3.05) is 25.4 Å². The van der Waals surface area contributed by atoms with Crippen molar-refractivity contribution in [2.24, 2.45) is 0 Å². The number of carbonyl (C=O) groups excluding carboxylic acids is 1. The highest BCUT2D eigenvalue weighted by molar-refractivity contribution is 8.00. The van der Waals surface area contributed by atoms with Gasteiger partial charge in [0.25, 0.3) is 0 Å². The smallest absolute Gasteiger partial charge is 0.337 e. The molecule has 0 aromatic carbocycles. The molecule has 0 aliphatic carbocycles. The molecule has 2 amide bonds. The number of rotatable bonds is 3. The third kappa shape index (κ3) is 5.15. The minimum Gasteiger partial charge on any atom is -0.337 e. The van der Waals surface area contributed by atoms with Crippen LogP contribution in [0.2, 0.25) is 0 Å². The first-order valence-corrected chi connectivity index (χ1v) is 5.71. The normalized spacial score (nSPS) is 16.9. The lowest BCUT2D eigenvalue weighted by Crippen LogP contribution is -2.39. The quantitative estimate of drug-likeness (QED) is 0.768. The van der Waals surface area contributed by atoms with Crippen molar-refractivity contribution in [1.82, 2.24) is 10.2 Å². The molecule has 1 rings (SSSR count). The molecule has 1 aliphatic rings. The fraction of sp³-hybridized carbons (Fsp3) is 0.875. The fourth-order valence-corrected chi connectivity index (χ4v) is 1.79. The van der Waals surface area contributed by atoms with Gasteiger partial charge in [0.15, 0.2) is 0 Å². The molecule has 0 unspecified atom stereocenters. The number of thioether (sulfide) groups is 1. The van der Waals surface area contributed by atoms with Crippen molar-refractivity contribution in [2.45, 2.75) is 18.3 Å². The number of nitrogens with zero attached hydrogens (tertiary/aromatic N) is 1. The van der Waals surface area contributed by atoms with Crippen LogP contribution in [-0.4, -0.2) is 41.8 Å². The summed E-state index contributed by atoms with van der Waals surface area (Å²) in [7, 11) is 0. The van der Waals surface area contributed by atoms with Crippen LogP contribution in [0.25, 0.3) is 0 Å². The number of nitrogens with one attached hydrogen (secondary N) is 1. The summed E-state index contributed by atoms with van der Waals surface area (Å²) >= 11 is -0.115. The van der Waals surface area contributed by atoms with Crippen LogP contribution in [0.1, 0.15) is 12.8 Å². The predicted molar refractivity (Wildman–Crippen MR) is 52.7 cm³/mol. The number of hydrogen-bond acceptors (Lipinski definition) is 2. The van der Waals surface area contributed by atoms with E-state index in [2.05, 4.69) is 5.32 Å². The summed E-state index contributed by atoms with van der Waals surface area (Å²) in [4.78, 5) is 12.9. The monoisotopic (exact) mass is 242 g/mol. The van der Waals surface area contributed by atoms with Crippen molar-refractivity contribution in [1.29, 1.82) is 0 Å². The number of halogens is 3. The van der Waals surface area contributed by atoms with Crippen molar-refractivity contribution >= 4 is 17.8 Å². The molecule has 1 N–H and O–H groups in total. The van der Waals surface area contributed by atoms with E-state index in [4.69, 9.17) is 0 Å². The lowest BCUT2D eigenvalue weighted by atomic mass is 10.4. The maximum absolute atomic E-state index is 11.7. The molecule has 7 heteroatoms. The number of urea groups is 1. The van der Waals surface area contributed by atoms with Gasteiger partial charge in [-0.1, -0.05) is 0 Å². The Balaban J connectivity index is 2.07. The molecule has 1 saturated heterocycles. The van der Waals surface area contributed by atoms with E-state index in [9.17, 15) is 18.0 Å². The second-order valence-electron chi connectivity index (χ2n) is 3.22. The van der Waals surface area contributed by atoms with Crippen LogP contribution in [0.3, 0.4) is 0 Å². The lowest BCUT2D eigenvalue weighted by molar-refractivity contribution is -0.0327. The van der Waals surface area contributed by atoms with Crippen LogP contribution in [0.5, 0.6) is 0 Å². The predicted octanol–water partition coefficient (Wildman–Crippen LogP) is 2.04.